The standard InChI is InChI=1S/C13H14N2O3/c1-8-12(9(2)18-15-8)7-17-11-5-3-4-10(6-11)13(14)16/h3-6H,7H2,1-2H3,(H2,14,16). The fraction of sp³-hybridized carbons (Fsp3) is 0.231. The van der Waals surface area contributed by atoms with Crippen LogP contribution in [0.5, 0.6) is 5.75 Å². The lowest BCUT2D eigenvalue weighted by molar-refractivity contribution is 0.1000. The van der Waals surface area contributed by atoms with Crippen molar-refractivity contribution in [1.82, 2.24) is 5.16 Å². The maximum atomic E-state index is 11.0. The maximum Gasteiger partial charge on any atom is 0.248 e. The molecular weight excluding hydrogens is 232 g/mol. The van der Waals surface area contributed by atoms with Gasteiger partial charge in [-0.05, 0) is 32.0 Å². The normalized spacial score (nSPS) is 10.3. The number of carbonyl (C=O) groups excluding carboxylic acids is 1. The van der Waals surface area contributed by atoms with E-state index in [0.717, 1.165) is 17.0 Å². The first-order valence-corrected chi connectivity index (χ1v) is 5.52. The topological polar surface area (TPSA) is 78.3 Å². The molecule has 0 aliphatic heterocycles. The third kappa shape index (κ3) is 2.51. The van der Waals surface area contributed by atoms with E-state index in [1.54, 1.807) is 24.3 Å². The van der Waals surface area contributed by atoms with Crippen molar-refractivity contribution in [2.75, 3.05) is 0 Å². The first-order valence-electron chi connectivity index (χ1n) is 5.52. The Morgan fingerprint density at radius 3 is 2.83 bits per heavy atom. The van der Waals surface area contributed by atoms with Crippen LogP contribution in [-0.4, -0.2) is 11.1 Å². The number of carbonyl (C=O) groups is 1. The van der Waals surface area contributed by atoms with Crippen molar-refractivity contribution < 1.29 is 14.1 Å². The largest absolute Gasteiger partial charge is 0.489 e. The smallest absolute Gasteiger partial charge is 0.248 e. The van der Waals surface area contributed by atoms with Gasteiger partial charge in [-0.2, -0.15) is 0 Å². The van der Waals surface area contributed by atoms with Gasteiger partial charge in [0.05, 0.1) is 11.3 Å². The number of hydrogen-bond donors (Lipinski definition) is 1. The van der Waals surface area contributed by atoms with Crippen LogP contribution < -0.4 is 10.5 Å². The van der Waals surface area contributed by atoms with E-state index in [0.29, 0.717) is 17.9 Å². The molecule has 0 bridgehead atoms. The number of primary amides is 1. The first-order chi connectivity index (χ1) is 8.58. The van der Waals surface area contributed by atoms with E-state index < -0.39 is 5.91 Å². The Bertz CT molecular complexity index is 556. The molecule has 0 saturated heterocycles. The van der Waals surface area contributed by atoms with Crippen molar-refractivity contribution in [2.24, 2.45) is 5.73 Å². The van der Waals surface area contributed by atoms with Crippen LogP contribution in [0.3, 0.4) is 0 Å². The van der Waals surface area contributed by atoms with Crippen LogP contribution in [0.4, 0.5) is 0 Å². The molecule has 2 rings (SSSR count). The fourth-order valence-corrected chi connectivity index (χ4v) is 1.60. The zero-order chi connectivity index (χ0) is 13.1. The summed E-state index contributed by atoms with van der Waals surface area (Å²) in [6.07, 6.45) is 0. The molecule has 1 aromatic heterocycles. The lowest BCUT2D eigenvalue weighted by Gasteiger charge is -2.06. The third-order valence-electron chi connectivity index (χ3n) is 2.68. The lowest BCUT2D eigenvalue weighted by atomic mass is 10.2. The average molecular weight is 246 g/mol. The number of nitrogens with two attached hydrogens (primary N) is 1. The Kier molecular flexibility index (Phi) is 3.32. The lowest BCUT2D eigenvalue weighted by Crippen LogP contribution is -2.10. The minimum atomic E-state index is -0.474. The highest BCUT2D eigenvalue weighted by Gasteiger charge is 2.10. The molecule has 0 spiro atoms. The monoisotopic (exact) mass is 246 g/mol. The summed E-state index contributed by atoms with van der Waals surface area (Å²) < 4.78 is 10.6. The van der Waals surface area contributed by atoms with Gasteiger partial charge in [0.15, 0.2) is 0 Å². The molecule has 0 radical (unpaired) electrons. The van der Waals surface area contributed by atoms with Gasteiger partial charge in [0.1, 0.15) is 18.1 Å². The van der Waals surface area contributed by atoms with Crippen LogP contribution >= 0.6 is 0 Å². The van der Waals surface area contributed by atoms with E-state index in [4.69, 9.17) is 15.0 Å². The number of aromatic nitrogens is 1. The Morgan fingerprint density at radius 2 is 2.22 bits per heavy atom. The molecule has 2 aromatic rings. The molecule has 1 amide bonds. The maximum absolute atomic E-state index is 11.0. The van der Waals surface area contributed by atoms with Crippen LogP contribution in [-0.2, 0) is 6.61 Å². The molecule has 94 valence electrons. The van der Waals surface area contributed by atoms with Crippen LogP contribution in [0.1, 0.15) is 27.4 Å². The van der Waals surface area contributed by atoms with Crippen molar-refractivity contribution in [3.8, 4) is 5.75 Å². The second-order valence-electron chi connectivity index (χ2n) is 3.98. The quantitative estimate of drug-likeness (QED) is 0.894. The van der Waals surface area contributed by atoms with E-state index in [1.807, 2.05) is 13.8 Å². The number of rotatable bonds is 4. The number of amides is 1. The molecule has 0 aliphatic carbocycles. The molecule has 0 fully saturated rings. The second-order valence-corrected chi connectivity index (χ2v) is 3.98. The molecule has 2 N–H and O–H groups in total. The molecule has 1 heterocycles. The van der Waals surface area contributed by atoms with Crippen molar-refractivity contribution in [3.05, 3.63) is 46.8 Å². The summed E-state index contributed by atoms with van der Waals surface area (Å²) in [4.78, 5) is 11.0. The van der Waals surface area contributed by atoms with Crippen molar-refractivity contribution in [3.63, 3.8) is 0 Å². The van der Waals surface area contributed by atoms with E-state index in [2.05, 4.69) is 5.16 Å². The summed E-state index contributed by atoms with van der Waals surface area (Å²) in [6, 6.07) is 6.75. The van der Waals surface area contributed by atoms with E-state index in [1.165, 1.54) is 0 Å². The van der Waals surface area contributed by atoms with Gasteiger partial charge in [-0.15, -0.1) is 0 Å². The molecule has 0 aliphatic rings. The molecular formula is C13H14N2O3. The highest BCUT2D eigenvalue weighted by molar-refractivity contribution is 5.93. The third-order valence-corrected chi connectivity index (χ3v) is 2.68. The Labute approximate surface area is 105 Å². The highest BCUT2D eigenvalue weighted by atomic mass is 16.5. The van der Waals surface area contributed by atoms with Crippen molar-refractivity contribution >= 4 is 5.91 Å². The zero-order valence-electron chi connectivity index (χ0n) is 10.3. The van der Waals surface area contributed by atoms with Crippen LogP contribution in [0.25, 0.3) is 0 Å². The van der Waals surface area contributed by atoms with E-state index in [9.17, 15) is 4.79 Å². The van der Waals surface area contributed by atoms with Crippen molar-refractivity contribution in [2.45, 2.75) is 20.5 Å². The molecule has 5 nitrogen and oxygen atoms in total. The molecule has 0 saturated carbocycles. The number of ether oxygens (including phenoxy) is 1. The highest BCUT2D eigenvalue weighted by Crippen LogP contribution is 2.18. The summed E-state index contributed by atoms with van der Waals surface area (Å²) >= 11 is 0. The molecule has 18 heavy (non-hydrogen) atoms. The Balaban J connectivity index is 2.11. The number of benzene rings is 1. The molecule has 0 atom stereocenters. The van der Waals surface area contributed by atoms with Gasteiger partial charge in [0.2, 0.25) is 5.91 Å². The minimum Gasteiger partial charge on any atom is -0.489 e. The zero-order valence-corrected chi connectivity index (χ0v) is 10.3. The average Bonchev–Trinajstić information content (AvgIpc) is 2.67. The fourth-order valence-electron chi connectivity index (χ4n) is 1.60. The van der Waals surface area contributed by atoms with Crippen LogP contribution in [0.15, 0.2) is 28.8 Å². The first kappa shape index (κ1) is 12.2. The van der Waals surface area contributed by atoms with Gasteiger partial charge in [-0.3, -0.25) is 4.79 Å². The van der Waals surface area contributed by atoms with Gasteiger partial charge in [0, 0.05) is 5.56 Å². The van der Waals surface area contributed by atoms with Gasteiger partial charge in [0.25, 0.3) is 0 Å². The Morgan fingerprint density at radius 1 is 1.44 bits per heavy atom. The predicted molar refractivity (Wildman–Crippen MR) is 65.3 cm³/mol. The number of aryl methyl sites for hydroxylation is 2. The number of hydrogen-bond acceptors (Lipinski definition) is 4. The van der Waals surface area contributed by atoms with Gasteiger partial charge in [-0.25, -0.2) is 0 Å². The molecule has 5 heteroatoms. The predicted octanol–water partition coefficient (Wildman–Crippen LogP) is 1.97. The number of nitrogens with zero attached hydrogens (tertiary/aromatic N) is 1. The summed E-state index contributed by atoms with van der Waals surface area (Å²) in [6.45, 7) is 4.04. The van der Waals surface area contributed by atoms with Gasteiger partial charge < -0.3 is 15.0 Å². The van der Waals surface area contributed by atoms with Gasteiger partial charge in [-0.1, -0.05) is 11.2 Å². The summed E-state index contributed by atoms with van der Waals surface area (Å²) in [7, 11) is 0. The van der Waals surface area contributed by atoms with Crippen molar-refractivity contribution in [1.29, 1.82) is 0 Å². The van der Waals surface area contributed by atoms with Crippen LogP contribution in [0, 0.1) is 13.8 Å². The molecule has 1 aromatic carbocycles. The van der Waals surface area contributed by atoms with E-state index in [-0.39, 0.29) is 0 Å². The molecule has 0 unspecified atom stereocenters. The van der Waals surface area contributed by atoms with Crippen LogP contribution in [0.2, 0.25) is 0 Å². The van der Waals surface area contributed by atoms with E-state index >= 15 is 0 Å². The SMILES string of the molecule is Cc1noc(C)c1COc1cccc(C(N)=O)c1. The minimum absolute atomic E-state index is 0.351. The van der Waals surface area contributed by atoms with Gasteiger partial charge >= 0.3 is 0 Å². The summed E-state index contributed by atoms with van der Waals surface area (Å²) in [5, 5.41) is 3.85. The summed E-state index contributed by atoms with van der Waals surface area (Å²) in [5.74, 6) is 0.850. The second kappa shape index (κ2) is 4.91. The summed E-state index contributed by atoms with van der Waals surface area (Å²) in [5.41, 5.74) is 7.34. The Hall–Kier alpha value is -2.30.